The van der Waals surface area contributed by atoms with Crippen molar-refractivity contribution in [1.82, 2.24) is 9.97 Å². The fraction of sp³-hybridized carbons (Fsp3) is 0.296. The van der Waals surface area contributed by atoms with E-state index >= 15 is 0 Å². The number of aromatic nitrogens is 2. The predicted molar refractivity (Wildman–Crippen MR) is 152 cm³/mol. The average Bonchev–Trinajstić information content (AvgIpc) is 3.23. The van der Waals surface area contributed by atoms with E-state index in [1.807, 2.05) is 18.2 Å². The van der Waals surface area contributed by atoms with Gasteiger partial charge in [0.25, 0.3) is 5.91 Å². The lowest BCUT2D eigenvalue weighted by Gasteiger charge is -2.27. The number of halogens is 1. The molecule has 0 unspecified atom stereocenters. The quantitative estimate of drug-likeness (QED) is 0.432. The number of rotatable bonds is 5. The van der Waals surface area contributed by atoms with Crippen LogP contribution < -0.4 is 15.5 Å². The molecular weight excluding hydrogens is 524 g/mol. The molecule has 9 nitrogen and oxygen atoms in total. The number of hydrogen-bond acceptors (Lipinski definition) is 8. The molecule has 3 heterocycles. The van der Waals surface area contributed by atoms with E-state index in [4.69, 9.17) is 21.3 Å². The first-order valence-electron chi connectivity index (χ1n) is 12.5. The molecule has 0 atom stereocenters. The minimum Gasteiger partial charge on any atom is -0.378 e. The van der Waals surface area contributed by atoms with Crippen molar-refractivity contribution < 1.29 is 14.3 Å². The number of benzene rings is 2. The highest BCUT2D eigenvalue weighted by Crippen LogP contribution is 2.33. The Hall–Kier alpha value is -3.47. The molecule has 1 aliphatic carbocycles. The van der Waals surface area contributed by atoms with E-state index in [0.717, 1.165) is 54.8 Å². The Kier molecular flexibility index (Phi) is 7.01. The molecular formula is C27H25ClN6O3S. The van der Waals surface area contributed by atoms with Crippen LogP contribution in [0.2, 0.25) is 5.02 Å². The molecule has 1 saturated heterocycles. The third-order valence-electron chi connectivity index (χ3n) is 6.76. The van der Waals surface area contributed by atoms with Gasteiger partial charge in [0, 0.05) is 24.7 Å². The fourth-order valence-corrected chi connectivity index (χ4v) is 5.39. The van der Waals surface area contributed by atoms with Crippen LogP contribution in [0.5, 0.6) is 0 Å². The van der Waals surface area contributed by atoms with Crippen LogP contribution in [-0.4, -0.2) is 53.3 Å². The number of nitrogens with zero attached hydrogens (tertiary/aromatic N) is 4. The van der Waals surface area contributed by atoms with Gasteiger partial charge < -0.3 is 20.3 Å². The molecule has 1 aromatic heterocycles. The molecule has 3 aromatic rings. The third-order valence-corrected chi connectivity index (χ3v) is 7.99. The molecule has 3 aliphatic rings. The van der Waals surface area contributed by atoms with Crippen molar-refractivity contribution in [2.75, 3.05) is 41.8 Å². The van der Waals surface area contributed by atoms with Gasteiger partial charge in [-0.05, 0) is 66.6 Å². The Labute approximate surface area is 228 Å². The number of morpholine rings is 1. The van der Waals surface area contributed by atoms with E-state index in [1.54, 1.807) is 30.5 Å². The first kappa shape index (κ1) is 24.8. The van der Waals surface area contributed by atoms with Gasteiger partial charge in [-0.15, -0.1) is 0 Å². The number of nitrogens with one attached hydrogen (secondary N) is 2. The summed E-state index contributed by atoms with van der Waals surface area (Å²) in [6, 6.07) is 10.9. The smallest absolute Gasteiger partial charge is 0.286 e. The molecule has 6 rings (SSSR count). The number of thioether (sulfide) groups is 1. The van der Waals surface area contributed by atoms with E-state index in [2.05, 4.69) is 25.5 Å². The molecule has 2 N–H and O–H groups in total. The predicted octanol–water partition coefficient (Wildman–Crippen LogP) is 4.94. The summed E-state index contributed by atoms with van der Waals surface area (Å²) >= 11 is 7.61. The number of amidine groups is 1. The van der Waals surface area contributed by atoms with Gasteiger partial charge in [0.15, 0.2) is 5.17 Å². The number of hydrogen-bond donors (Lipinski definition) is 2. The van der Waals surface area contributed by atoms with Gasteiger partial charge in [0.1, 0.15) is 5.82 Å². The van der Waals surface area contributed by atoms with E-state index < -0.39 is 0 Å². The van der Waals surface area contributed by atoms with E-state index in [1.165, 1.54) is 11.8 Å². The lowest BCUT2D eigenvalue weighted by atomic mass is 9.85. The van der Waals surface area contributed by atoms with Gasteiger partial charge in [-0.25, -0.2) is 4.98 Å². The third kappa shape index (κ3) is 5.38. The standard InChI is InChI=1S/C27H25ClN6O3S/c28-19-6-5-18(30-25(35)17-2-1-3-17)14-21(19)32-27-33-26(36)23(38-27)13-16-4-7-20-22(12-16)31-24(15-29-20)34-8-10-37-11-9-34/h4-7,12-15,17H,1-3,8-11H2,(H,30,35)(H,32,33,36). The normalized spacial score (nSPS) is 19.0. The molecule has 11 heteroatoms. The zero-order valence-corrected chi connectivity index (χ0v) is 22.0. The maximum Gasteiger partial charge on any atom is 0.286 e. The SMILES string of the molecule is O=C1N=C(Nc2cc(NC(=O)C3CCC3)ccc2Cl)SC1=Cc1ccc2ncc(N3CCOCC3)nc2c1. The van der Waals surface area contributed by atoms with Crippen molar-refractivity contribution in [2.45, 2.75) is 19.3 Å². The largest absolute Gasteiger partial charge is 0.378 e. The van der Waals surface area contributed by atoms with Crippen LogP contribution in [0.15, 0.2) is 52.5 Å². The molecule has 2 amide bonds. The van der Waals surface area contributed by atoms with Crippen LogP contribution in [0.4, 0.5) is 17.2 Å². The highest BCUT2D eigenvalue weighted by molar-refractivity contribution is 8.18. The van der Waals surface area contributed by atoms with Gasteiger partial charge in [-0.1, -0.05) is 24.1 Å². The first-order chi connectivity index (χ1) is 18.5. The van der Waals surface area contributed by atoms with Crippen molar-refractivity contribution >= 4 is 74.6 Å². The Morgan fingerprint density at radius 2 is 1.97 bits per heavy atom. The van der Waals surface area contributed by atoms with Crippen molar-refractivity contribution in [1.29, 1.82) is 0 Å². The highest BCUT2D eigenvalue weighted by atomic mass is 35.5. The Morgan fingerprint density at radius 1 is 1.13 bits per heavy atom. The molecule has 0 bridgehead atoms. The number of amides is 2. The van der Waals surface area contributed by atoms with E-state index in [9.17, 15) is 9.59 Å². The summed E-state index contributed by atoms with van der Waals surface area (Å²) in [7, 11) is 0. The number of carbonyl (C=O) groups is 2. The van der Waals surface area contributed by atoms with E-state index in [-0.39, 0.29) is 17.7 Å². The van der Waals surface area contributed by atoms with Crippen LogP contribution >= 0.6 is 23.4 Å². The monoisotopic (exact) mass is 548 g/mol. The van der Waals surface area contributed by atoms with Gasteiger partial charge in [-0.2, -0.15) is 4.99 Å². The summed E-state index contributed by atoms with van der Waals surface area (Å²) in [5.74, 6) is 0.579. The number of carbonyl (C=O) groups excluding carboxylic acids is 2. The van der Waals surface area contributed by atoms with Crippen LogP contribution in [-0.2, 0) is 14.3 Å². The number of ether oxygens (including phenoxy) is 1. The maximum atomic E-state index is 12.7. The lowest BCUT2D eigenvalue weighted by Crippen LogP contribution is -2.36. The number of anilines is 3. The lowest BCUT2D eigenvalue weighted by molar-refractivity contribution is -0.122. The zero-order chi connectivity index (χ0) is 26.1. The van der Waals surface area contributed by atoms with Crippen molar-refractivity contribution in [3.63, 3.8) is 0 Å². The van der Waals surface area contributed by atoms with Crippen LogP contribution in [0.1, 0.15) is 24.8 Å². The molecule has 194 valence electrons. The number of fused-ring (bicyclic) bond motifs is 1. The summed E-state index contributed by atoms with van der Waals surface area (Å²) in [4.78, 5) is 41.1. The topological polar surface area (TPSA) is 109 Å². The van der Waals surface area contributed by atoms with Crippen LogP contribution in [0.3, 0.4) is 0 Å². The van der Waals surface area contributed by atoms with E-state index in [0.29, 0.717) is 39.7 Å². The first-order valence-corrected chi connectivity index (χ1v) is 13.7. The summed E-state index contributed by atoms with van der Waals surface area (Å²) in [6.07, 6.45) is 6.52. The molecule has 0 spiro atoms. The maximum absolute atomic E-state index is 12.7. The molecule has 2 fully saturated rings. The van der Waals surface area contributed by atoms with Crippen LogP contribution in [0.25, 0.3) is 17.1 Å². The second-order valence-corrected chi connectivity index (χ2v) is 10.8. The van der Waals surface area contributed by atoms with Gasteiger partial charge in [-0.3, -0.25) is 14.6 Å². The van der Waals surface area contributed by atoms with Gasteiger partial charge >= 0.3 is 0 Å². The summed E-state index contributed by atoms with van der Waals surface area (Å²) < 4.78 is 5.43. The minimum atomic E-state index is -0.337. The molecule has 2 aliphatic heterocycles. The molecule has 1 saturated carbocycles. The summed E-state index contributed by atoms with van der Waals surface area (Å²) in [5.41, 5.74) is 3.58. The van der Waals surface area contributed by atoms with Crippen LogP contribution in [0, 0.1) is 5.92 Å². The van der Waals surface area contributed by atoms with Crippen molar-refractivity contribution in [2.24, 2.45) is 10.9 Å². The van der Waals surface area contributed by atoms with Gasteiger partial charge in [0.05, 0.1) is 46.1 Å². The molecule has 2 aromatic carbocycles. The number of aliphatic imine (C=N–C) groups is 1. The molecule has 0 radical (unpaired) electrons. The summed E-state index contributed by atoms with van der Waals surface area (Å²) in [5, 5.41) is 6.95. The second-order valence-electron chi connectivity index (χ2n) is 9.35. The Balaban J connectivity index is 1.16. The van der Waals surface area contributed by atoms with Crippen molar-refractivity contribution in [3.8, 4) is 0 Å². The fourth-order valence-electron chi connectivity index (χ4n) is 4.40. The average molecular weight is 549 g/mol. The Bertz CT molecular complexity index is 1480. The summed E-state index contributed by atoms with van der Waals surface area (Å²) in [6.45, 7) is 2.91. The highest BCUT2D eigenvalue weighted by Gasteiger charge is 2.26. The van der Waals surface area contributed by atoms with Crippen molar-refractivity contribution in [3.05, 3.63) is 58.1 Å². The minimum absolute atomic E-state index is 0.0228. The molecule has 38 heavy (non-hydrogen) atoms. The Morgan fingerprint density at radius 3 is 2.76 bits per heavy atom. The van der Waals surface area contributed by atoms with Gasteiger partial charge in [0.2, 0.25) is 5.91 Å². The zero-order valence-electron chi connectivity index (χ0n) is 20.4. The second kappa shape index (κ2) is 10.7.